The molecule has 108 valence electrons. The Bertz CT molecular complexity index is 270. The summed E-state index contributed by atoms with van der Waals surface area (Å²) in [6.07, 6.45) is 0. The van der Waals surface area contributed by atoms with Crippen molar-refractivity contribution < 1.29 is 4.79 Å². The second-order valence-corrected chi connectivity index (χ2v) is 7.01. The zero-order valence-electron chi connectivity index (χ0n) is 13.3. The predicted octanol–water partition coefficient (Wildman–Crippen LogP) is 1.47. The predicted molar refractivity (Wildman–Crippen MR) is 77.7 cm³/mol. The van der Waals surface area contributed by atoms with Gasteiger partial charge in [-0.3, -0.25) is 4.79 Å². The summed E-state index contributed by atoms with van der Waals surface area (Å²) in [5.41, 5.74) is -0.449. The van der Waals surface area contributed by atoms with Crippen molar-refractivity contribution in [1.82, 2.24) is 15.5 Å². The number of nitrogens with one attached hydrogen (secondary N) is 2. The first-order chi connectivity index (χ1) is 7.96. The summed E-state index contributed by atoms with van der Waals surface area (Å²) in [5.74, 6) is 0.0584. The molecule has 0 aromatic rings. The lowest BCUT2D eigenvalue weighted by Gasteiger charge is -2.32. The van der Waals surface area contributed by atoms with Crippen molar-refractivity contribution in [2.24, 2.45) is 5.41 Å². The molecule has 0 radical (unpaired) electrons. The Balaban J connectivity index is 4.33. The lowest BCUT2D eigenvalue weighted by molar-refractivity contribution is -0.127. The Morgan fingerprint density at radius 3 is 2.06 bits per heavy atom. The number of nitrogens with zero attached hydrogens (tertiary/aromatic N) is 1. The Morgan fingerprint density at radius 2 is 1.67 bits per heavy atom. The van der Waals surface area contributed by atoms with Gasteiger partial charge in [-0.1, -0.05) is 13.8 Å². The molecular weight excluding hydrogens is 226 g/mol. The van der Waals surface area contributed by atoms with Gasteiger partial charge >= 0.3 is 0 Å². The van der Waals surface area contributed by atoms with E-state index in [9.17, 15) is 4.79 Å². The third-order valence-corrected chi connectivity index (χ3v) is 2.69. The number of hydrogen-bond donors (Lipinski definition) is 2. The van der Waals surface area contributed by atoms with Crippen LogP contribution in [0.2, 0.25) is 0 Å². The van der Waals surface area contributed by atoms with Gasteiger partial charge in [-0.25, -0.2) is 0 Å². The van der Waals surface area contributed by atoms with E-state index in [-0.39, 0.29) is 11.3 Å². The van der Waals surface area contributed by atoms with E-state index >= 15 is 0 Å². The Morgan fingerprint density at radius 1 is 1.17 bits per heavy atom. The average Bonchev–Trinajstić information content (AvgIpc) is 2.09. The molecule has 0 aromatic heterocycles. The monoisotopic (exact) mass is 257 g/mol. The second kappa shape index (κ2) is 6.53. The van der Waals surface area contributed by atoms with Crippen molar-refractivity contribution in [2.45, 2.75) is 53.1 Å². The molecule has 0 bridgehead atoms. The van der Waals surface area contributed by atoms with Crippen LogP contribution in [0.5, 0.6) is 0 Å². The molecule has 4 nitrogen and oxygen atoms in total. The molecule has 1 amide bonds. The molecular formula is C14H31N3O. The van der Waals surface area contributed by atoms with Crippen LogP contribution in [0.15, 0.2) is 0 Å². The smallest absolute Gasteiger partial charge is 0.239 e. The third kappa shape index (κ3) is 6.97. The van der Waals surface area contributed by atoms with Crippen molar-refractivity contribution in [3.05, 3.63) is 0 Å². The molecule has 4 heteroatoms. The van der Waals surface area contributed by atoms with Crippen molar-refractivity contribution in [1.29, 1.82) is 0 Å². The van der Waals surface area contributed by atoms with Gasteiger partial charge in [0.1, 0.15) is 0 Å². The van der Waals surface area contributed by atoms with E-state index in [1.54, 1.807) is 0 Å². The number of rotatable bonds is 7. The summed E-state index contributed by atoms with van der Waals surface area (Å²) in [6.45, 7) is 13.9. The molecule has 0 fully saturated rings. The fourth-order valence-corrected chi connectivity index (χ4v) is 2.24. The zero-order valence-corrected chi connectivity index (χ0v) is 13.3. The molecule has 0 saturated heterocycles. The van der Waals surface area contributed by atoms with Gasteiger partial charge < -0.3 is 15.5 Å². The minimum Gasteiger partial charge on any atom is -0.354 e. The summed E-state index contributed by atoms with van der Waals surface area (Å²) in [5, 5.41) is 6.32. The number of hydrogen-bond acceptors (Lipinski definition) is 3. The molecule has 0 heterocycles. The molecule has 0 aliphatic carbocycles. The SMILES string of the molecule is CC(C)NC(C)(C)C(=O)NCC(C)(C)CN(C)C. The Labute approximate surface area is 113 Å². The lowest BCUT2D eigenvalue weighted by atomic mass is 9.92. The highest BCUT2D eigenvalue weighted by atomic mass is 16.2. The van der Waals surface area contributed by atoms with Gasteiger partial charge in [0, 0.05) is 19.1 Å². The fourth-order valence-electron chi connectivity index (χ4n) is 2.24. The maximum atomic E-state index is 12.1. The van der Waals surface area contributed by atoms with E-state index in [4.69, 9.17) is 0 Å². The van der Waals surface area contributed by atoms with Crippen LogP contribution < -0.4 is 10.6 Å². The van der Waals surface area contributed by atoms with E-state index in [0.29, 0.717) is 12.6 Å². The van der Waals surface area contributed by atoms with Gasteiger partial charge in [-0.05, 0) is 47.2 Å². The van der Waals surface area contributed by atoms with Crippen molar-refractivity contribution in [3.63, 3.8) is 0 Å². The number of carbonyl (C=O) groups excluding carboxylic acids is 1. The molecule has 0 spiro atoms. The van der Waals surface area contributed by atoms with E-state index < -0.39 is 5.54 Å². The van der Waals surface area contributed by atoms with Crippen molar-refractivity contribution in [2.75, 3.05) is 27.2 Å². The molecule has 0 aliphatic rings. The highest BCUT2D eigenvalue weighted by Crippen LogP contribution is 2.15. The quantitative estimate of drug-likeness (QED) is 0.726. The first-order valence-corrected chi connectivity index (χ1v) is 6.67. The number of carbonyl (C=O) groups is 1. The van der Waals surface area contributed by atoms with Crippen LogP contribution >= 0.6 is 0 Å². The summed E-state index contributed by atoms with van der Waals surface area (Å²) in [7, 11) is 4.10. The van der Waals surface area contributed by atoms with Gasteiger partial charge in [0.15, 0.2) is 0 Å². The second-order valence-electron chi connectivity index (χ2n) is 7.01. The van der Waals surface area contributed by atoms with Crippen LogP contribution in [0.3, 0.4) is 0 Å². The van der Waals surface area contributed by atoms with Crippen LogP contribution in [0, 0.1) is 5.41 Å². The summed E-state index contributed by atoms with van der Waals surface area (Å²) >= 11 is 0. The Hall–Kier alpha value is -0.610. The van der Waals surface area contributed by atoms with Gasteiger partial charge in [-0.15, -0.1) is 0 Å². The van der Waals surface area contributed by atoms with Crippen LogP contribution in [0.4, 0.5) is 0 Å². The van der Waals surface area contributed by atoms with Gasteiger partial charge in [0.05, 0.1) is 5.54 Å². The van der Waals surface area contributed by atoms with E-state index in [2.05, 4.69) is 29.4 Å². The van der Waals surface area contributed by atoms with Crippen molar-refractivity contribution in [3.8, 4) is 0 Å². The topological polar surface area (TPSA) is 44.4 Å². The minimum absolute atomic E-state index is 0.0584. The minimum atomic E-state index is -0.525. The third-order valence-electron chi connectivity index (χ3n) is 2.69. The van der Waals surface area contributed by atoms with Crippen LogP contribution in [-0.4, -0.2) is 49.6 Å². The first-order valence-electron chi connectivity index (χ1n) is 6.67. The molecule has 0 atom stereocenters. The molecule has 0 unspecified atom stereocenters. The molecule has 0 aliphatic heterocycles. The van der Waals surface area contributed by atoms with Crippen LogP contribution in [-0.2, 0) is 4.79 Å². The van der Waals surface area contributed by atoms with E-state index in [1.165, 1.54) is 0 Å². The lowest BCUT2D eigenvalue weighted by Crippen LogP contribution is -2.56. The van der Waals surface area contributed by atoms with E-state index in [0.717, 1.165) is 6.54 Å². The molecule has 0 aromatic carbocycles. The van der Waals surface area contributed by atoms with Crippen molar-refractivity contribution >= 4 is 5.91 Å². The highest BCUT2D eigenvalue weighted by Gasteiger charge is 2.29. The summed E-state index contributed by atoms with van der Waals surface area (Å²) < 4.78 is 0. The highest BCUT2D eigenvalue weighted by molar-refractivity contribution is 5.85. The van der Waals surface area contributed by atoms with Gasteiger partial charge in [-0.2, -0.15) is 0 Å². The summed E-state index contributed by atoms with van der Waals surface area (Å²) in [4.78, 5) is 14.3. The molecule has 2 N–H and O–H groups in total. The summed E-state index contributed by atoms with van der Waals surface area (Å²) in [6, 6.07) is 0.292. The van der Waals surface area contributed by atoms with Gasteiger partial charge in [0.2, 0.25) is 5.91 Å². The maximum Gasteiger partial charge on any atom is 0.239 e. The first kappa shape index (κ1) is 17.4. The Kier molecular flexibility index (Phi) is 6.30. The van der Waals surface area contributed by atoms with Gasteiger partial charge in [0.25, 0.3) is 0 Å². The zero-order chi connectivity index (χ0) is 14.6. The normalized spacial score (nSPS) is 13.2. The molecule has 18 heavy (non-hydrogen) atoms. The number of amides is 1. The largest absolute Gasteiger partial charge is 0.354 e. The van der Waals surface area contributed by atoms with Crippen LogP contribution in [0.1, 0.15) is 41.5 Å². The van der Waals surface area contributed by atoms with Crippen LogP contribution in [0.25, 0.3) is 0 Å². The molecule has 0 saturated carbocycles. The standard InChI is InChI=1S/C14H31N3O/c1-11(2)16-14(5,6)12(18)15-9-13(3,4)10-17(7)8/h11,16H,9-10H2,1-8H3,(H,15,18). The average molecular weight is 257 g/mol. The fraction of sp³-hybridized carbons (Fsp3) is 0.929. The maximum absolute atomic E-state index is 12.1. The molecule has 0 rings (SSSR count). The van der Waals surface area contributed by atoms with E-state index in [1.807, 2.05) is 41.8 Å².